The normalized spacial score (nSPS) is 11.2. The summed E-state index contributed by atoms with van der Waals surface area (Å²) in [7, 11) is -3.63. The number of rotatable bonds is 8. The van der Waals surface area contributed by atoms with Crippen molar-refractivity contribution in [3.05, 3.63) is 55.1 Å². The second kappa shape index (κ2) is 7.02. The summed E-state index contributed by atoms with van der Waals surface area (Å²) in [5.41, 5.74) is 0.551. The summed E-state index contributed by atoms with van der Waals surface area (Å²) in [6.45, 7) is 7.43. The molecule has 0 saturated carbocycles. The van der Waals surface area contributed by atoms with Crippen LogP contribution in [0.4, 0.5) is 0 Å². The van der Waals surface area contributed by atoms with Crippen LogP contribution < -0.4 is 0 Å². The lowest BCUT2D eigenvalue weighted by Crippen LogP contribution is -2.31. The van der Waals surface area contributed by atoms with Crippen LogP contribution in [0.25, 0.3) is 0 Å². The molecule has 0 radical (unpaired) electrons. The van der Waals surface area contributed by atoms with Crippen LogP contribution in [-0.2, 0) is 21.2 Å². The summed E-state index contributed by atoms with van der Waals surface area (Å²) in [5.74, 6) is -0.958. The van der Waals surface area contributed by atoms with E-state index in [1.165, 1.54) is 40.7 Å². The van der Waals surface area contributed by atoms with E-state index in [1.54, 1.807) is 0 Å². The zero-order chi connectivity index (χ0) is 15.2. The molecule has 0 heterocycles. The Kier molecular flexibility index (Phi) is 5.66. The maximum Gasteiger partial charge on any atom is 0.307 e. The first-order valence-electron chi connectivity index (χ1n) is 5.94. The number of nitrogens with zero attached hydrogens (tertiary/aromatic N) is 1. The zero-order valence-electron chi connectivity index (χ0n) is 11.0. The minimum atomic E-state index is -3.63. The summed E-state index contributed by atoms with van der Waals surface area (Å²) >= 11 is 0. The number of sulfonamides is 1. The van der Waals surface area contributed by atoms with Crippen LogP contribution in [-0.4, -0.2) is 36.9 Å². The maximum atomic E-state index is 12.4. The van der Waals surface area contributed by atoms with Gasteiger partial charge in [0, 0.05) is 13.1 Å². The molecule has 1 aromatic carbocycles. The number of carbonyl (C=O) groups is 1. The molecule has 0 bridgehead atoms. The van der Waals surface area contributed by atoms with E-state index in [4.69, 9.17) is 5.11 Å². The molecule has 1 rings (SSSR count). The van der Waals surface area contributed by atoms with Crippen molar-refractivity contribution in [2.45, 2.75) is 11.3 Å². The first-order chi connectivity index (χ1) is 9.41. The van der Waals surface area contributed by atoms with Gasteiger partial charge in [-0.05, 0) is 17.7 Å². The minimum absolute atomic E-state index is 0.121. The molecule has 0 spiro atoms. The molecule has 108 valence electrons. The summed E-state index contributed by atoms with van der Waals surface area (Å²) in [5, 5.41) is 8.68. The summed E-state index contributed by atoms with van der Waals surface area (Å²) in [4.78, 5) is 10.7. The average Bonchev–Trinajstić information content (AvgIpc) is 2.38. The van der Waals surface area contributed by atoms with E-state index in [2.05, 4.69) is 13.2 Å². The van der Waals surface area contributed by atoms with Crippen molar-refractivity contribution in [1.82, 2.24) is 4.31 Å². The van der Waals surface area contributed by atoms with Crippen LogP contribution in [0.5, 0.6) is 0 Å². The van der Waals surface area contributed by atoms with Gasteiger partial charge >= 0.3 is 5.97 Å². The Labute approximate surface area is 118 Å². The molecule has 1 N–H and O–H groups in total. The van der Waals surface area contributed by atoms with Crippen molar-refractivity contribution in [3.8, 4) is 0 Å². The molecule has 0 atom stereocenters. The molecule has 0 amide bonds. The largest absolute Gasteiger partial charge is 0.481 e. The highest BCUT2D eigenvalue weighted by atomic mass is 32.2. The summed E-state index contributed by atoms with van der Waals surface area (Å²) in [6, 6.07) is 5.82. The monoisotopic (exact) mass is 295 g/mol. The lowest BCUT2D eigenvalue weighted by molar-refractivity contribution is -0.136. The molecule has 0 aliphatic carbocycles. The highest BCUT2D eigenvalue weighted by Crippen LogP contribution is 2.16. The third kappa shape index (κ3) is 4.04. The fourth-order valence-corrected chi connectivity index (χ4v) is 3.04. The molecule has 5 nitrogen and oxygen atoms in total. The number of hydrogen-bond acceptors (Lipinski definition) is 3. The van der Waals surface area contributed by atoms with Crippen molar-refractivity contribution in [2.75, 3.05) is 13.1 Å². The van der Waals surface area contributed by atoms with Gasteiger partial charge in [0.2, 0.25) is 10.0 Å². The summed E-state index contributed by atoms with van der Waals surface area (Å²) < 4.78 is 26.0. The van der Waals surface area contributed by atoms with Gasteiger partial charge in [-0.25, -0.2) is 8.42 Å². The van der Waals surface area contributed by atoms with Crippen molar-refractivity contribution in [1.29, 1.82) is 0 Å². The Morgan fingerprint density at radius 3 is 2.05 bits per heavy atom. The van der Waals surface area contributed by atoms with Crippen LogP contribution in [0, 0.1) is 0 Å². The predicted octanol–water partition coefficient (Wildman–Crippen LogP) is 1.68. The second-order valence-electron chi connectivity index (χ2n) is 4.11. The van der Waals surface area contributed by atoms with E-state index in [9.17, 15) is 13.2 Å². The van der Waals surface area contributed by atoms with Gasteiger partial charge in [0.15, 0.2) is 0 Å². The van der Waals surface area contributed by atoms with Gasteiger partial charge in [0.25, 0.3) is 0 Å². The molecule has 0 fully saturated rings. The molecule has 1 aromatic rings. The third-order valence-corrected chi connectivity index (χ3v) is 4.43. The highest BCUT2D eigenvalue weighted by Gasteiger charge is 2.22. The van der Waals surface area contributed by atoms with Gasteiger partial charge in [0.05, 0.1) is 11.3 Å². The van der Waals surface area contributed by atoms with Gasteiger partial charge in [-0.2, -0.15) is 4.31 Å². The van der Waals surface area contributed by atoms with Gasteiger partial charge < -0.3 is 5.11 Å². The number of hydrogen-bond donors (Lipinski definition) is 1. The predicted molar refractivity (Wildman–Crippen MR) is 76.9 cm³/mol. The standard InChI is InChI=1S/C14H17NO4S/c1-3-9-15(10-4-2)20(18,19)13-7-5-12(6-8-13)11-14(16)17/h3-8H,1-2,9-11H2,(H,16,17). The van der Waals surface area contributed by atoms with Gasteiger partial charge in [-0.15, -0.1) is 13.2 Å². The zero-order valence-corrected chi connectivity index (χ0v) is 11.8. The third-order valence-electron chi connectivity index (χ3n) is 2.58. The molecule has 0 aliphatic heterocycles. The topological polar surface area (TPSA) is 74.7 Å². The molecular formula is C14H17NO4S. The van der Waals surface area contributed by atoms with Crippen LogP contribution in [0.15, 0.2) is 54.5 Å². The number of carboxylic acid groups (broad SMARTS) is 1. The van der Waals surface area contributed by atoms with Crippen molar-refractivity contribution in [3.63, 3.8) is 0 Å². The van der Waals surface area contributed by atoms with Crippen molar-refractivity contribution in [2.24, 2.45) is 0 Å². The SMILES string of the molecule is C=CCN(CC=C)S(=O)(=O)c1ccc(CC(=O)O)cc1. The number of aliphatic carboxylic acids is 1. The smallest absolute Gasteiger partial charge is 0.307 e. The first kappa shape index (κ1) is 16.1. The average molecular weight is 295 g/mol. The number of carboxylic acids is 1. The van der Waals surface area contributed by atoms with Crippen LogP contribution >= 0.6 is 0 Å². The molecular weight excluding hydrogens is 278 g/mol. The highest BCUT2D eigenvalue weighted by molar-refractivity contribution is 7.89. The molecule has 0 aliphatic rings. The fraction of sp³-hybridized carbons (Fsp3) is 0.214. The van der Waals surface area contributed by atoms with Crippen LogP contribution in [0.3, 0.4) is 0 Å². The van der Waals surface area contributed by atoms with Crippen molar-refractivity contribution >= 4 is 16.0 Å². The minimum Gasteiger partial charge on any atom is -0.481 e. The molecule has 0 saturated heterocycles. The Bertz CT molecular complexity index is 580. The van der Waals surface area contributed by atoms with E-state index in [0.29, 0.717) is 5.56 Å². The Morgan fingerprint density at radius 2 is 1.65 bits per heavy atom. The van der Waals surface area contributed by atoms with Gasteiger partial charge in [-0.3, -0.25) is 4.79 Å². The quantitative estimate of drug-likeness (QED) is 0.740. The Hall–Kier alpha value is -1.92. The van der Waals surface area contributed by atoms with E-state index >= 15 is 0 Å². The van der Waals surface area contributed by atoms with Crippen LogP contribution in [0.1, 0.15) is 5.56 Å². The lowest BCUT2D eigenvalue weighted by Gasteiger charge is -2.19. The molecule has 0 aromatic heterocycles. The fourth-order valence-electron chi connectivity index (χ4n) is 1.66. The van der Waals surface area contributed by atoms with E-state index < -0.39 is 16.0 Å². The Morgan fingerprint density at radius 1 is 1.15 bits per heavy atom. The first-order valence-corrected chi connectivity index (χ1v) is 7.38. The van der Waals surface area contributed by atoms with E-state index in [0.717, 1.165) is 0 Å². The number of benzene rings is 1. The van der Waals surface area contributed by atoms with Gasteiger partial charge in [-0.1, -0.05) is 24.3 Å². The van der Waals surface area contributed by atoms with Crippen LogP contribution in [0.2, 0.25) is 0 Å². The Balaban J connectivity index is 3.04. The maximum absolute atomic E-state index is 12.4. The molecule has 20 heavy (non-hydrogen) atoms. The van der Waals surface area contributed by atoms with Crippen molar-refractivity contribution < 1.29 is 18.3 Å². The summed E-state index contributed by atoms with van der Waals surface area (Å²) in [6.07, 6.45) is 2.86. The molecule has 6 heteroatoms. The second-order valence-corrected chi connectivity index (χ2v) is 6.05. The molecule has 0 unspecified atom stereocenters. The lowest BCUT2D eigenvalue weighted by atomic mass is 10.2. The van der Waals surface area contributed by atoms with E-state index in [-0.39, 0.29) is 24.4 Å². The van der Waals surface area contributed by atoms with E-state index in [1.807, 2.05) is 0 Å². The van der Waals surface area contributed by atoms with Gasteiger partial charge in [0.1, 0.15) is 0 Å².